The molecule has 160 valence electrons. The summed E-state index contributed by atoms with van der Waals surface area (Å²) in [6.45, 7) is 2.91. The zero-order valence-electron chi connectivity index (χ0n) is 16.3. The lowest BCUT2D eigenvalue weighted by Crippen LogP contribution is -2.50. The summed E-state index contributed by atoms with van der Waals surface area (Å²) in [6.07, 6.45) is 3.96. The molecule has 2 fully saturated rings. The van der Waals surface area contributed by atoms with E-state index in [2.05, 4.69) is 9.88 Å². The van der Waals surface area contributed by atoms with E-state index in [0.29, 0.717) is 10.7 Å². The quantitative estimate of drug-likeness (QED) is 0.688. The molecular formula is C20H22Cl2N4O3S. The van der Waals surface area contributed by atoms with Crippen LogP contribution in [0.5, 0.6) is 0 Å². The van der Waals surface area contributed by atoms with Gasteiger partial charge in [-0.3, -0.25) is 9.78 Å². The summed E-state index contributed by atoms with van der Waals surface area (Å²) in [4.78, 5) is 21.0. The summed E-state index contributed by atoms with van der Waals surface area (Å²) in [5, 5.41) is 0.427. The van der Waals surface area contributed by atoms with Crippen molar-refractivity contribution < 1.29 is 13.2 Å². The fourth-order valence-corrected chi connectivity index (χ4v) is 5.98. The van der Waals surface area contributed by atoms with Crippen molar-refractivity contribution in [2.75, 3.05) is 44.2 Å². The topological polar surface area (TPSA) is 73.8 Å². The SMILES string of the molecule is O=C(c1cc(N2CCCC2)ccn1)N1CCN(S(=O)(=O)c2cc(Cl)ccc2Cl)CC1. The Morgan fingerprint density at radius 1 is 0.933 bits per heavy atom. The second kappa shape index (κ2) is 8.70. The second-order valence-corrected chi connectivity index (χ2v) is 10.1. The number of anilines is 1. The Hall–Kier alpha value is -1.87. The Morgan fingerprint density at radius 3 is 2.33 bits per heavy atom. The highest BCUT2D eigenvalue weighted by atomic mass is 35.5. The summed E-state index contributed by atoms with van der Waals surface area (Å²) in [5.41, 5.74) is 1.39. The molecule has 0 atom stereocenters. The van der Waals surface area contributed by atoms with Crippen molar-refractivity contribution in [2.24, 2.45) is 0 Å². The molecule has 3 heterocycles. The smallest absolute Gasteiger partial charge is 0.272 e. The van der Waals surface area contributed by atoms with E-state index in [1.807, 2.05) is 12.1 Å². The maximum atomic E-state index is 13.0. The fourth-order valence-electron chi connectivity index (χ4n) is 3.82. The molecule has 1 aromatic carbocycles. The minimum atomic E-state index is -3.79. The number of hydrogen-bond donors (Lipinski definition) is 0. The number of piperazine rings is 1. The molecule has 2 aliphatic heterocycles. The van der Waals surface area contributed by atoms with Crippen LogP contribution in [0.25, 0.3) is 0 Å². The van der Waals surface area contributed by atoms with Gasteiger partial charge >= 0.3 is 0 Å². The highest BCUT2D eigenvalue weighted by Gasteiger charge is 2.32. The molecule has 0 spiro atoms. The van der Waals surface area contributed by atoms with Crippen molar-refractivity contribution in [3.8, 4) is 0 Å². The summed E-state index contributed by atoms with van der Waals surface area (Å²) in [5.74, 6) is -0.186. The number of sulfonamides is 1. The molecule has 0 N–H and O–H groups in total. The third-order valence-corrected chi connectivity index (χ3v) is 8.09. The Kier molecular flexibility index (Phi) is 6.20. The number of amides is 1. The van der Waals surface area contributed by atoms with E-state index in [9.17, 15) is 13.2 Å². The predicted molar refractivity (Wildman–Crippen MR) is 117 cm³/mol. The van der Waals surface area contributed by atoms with Crippen LogP contribution in [0.2, 0.25) is 10.0 Å². The number of rotatable bonds is 4. The van der Waals surface area contributed by atoms with E-state index in [0.717, 1.165) is 31.6 Å². The number of pyridine rings is 1. The number of aromatic nitrogens is 1. The van der Waals surface area contributed by atoms with Gasteiger partial charge in [-0.05, 0) is 43.2 Å². The number of nitrogens with zero attached hydrogens (tertiary/aromatic N) is 4. The van der Waals surface area contributed by atoms with Crippen molar-refractivity contribution in [2.45, 2.75) is 17.7 Å². The number of carbonyl (C=O) groups is 1. The van der Waals surface area contributed by atoms with Crippen LogP contribution in [-0.4, -0.2) is 67.8 Å². The molecule has 0 radical (unpaired) electrons. The average Bonchev–Trinajstić information content (AvgIpc) is 3.30. The molecule has 7 nitrogen and oxygen atoms in total. The molecule has 0 unspecified atom stereocenters. The largest absolute Gasteiger partial charge is 0.371 e. The first kappa shape index (κ1) is 21.4. The molecule has 4 rings (SSSR count). The standard InChI is InChI=1S/C20H22Cl2N4O3S/c21-15-3-4-17(22)19(13-15)30(28,29)26-11-9-25(10-12-26)20(27)18-14-16(5-6-23-18)24-7-1-2-8-24/h3-6,13-14H,1-2,7-12H2. The van der Waals surface area contributed by atoms with Gasteiger partial charge in [-0.25, -0.2) is 8.42 Å². The van der Waals surface area contributed by atoms with Gasteiger partial charge in [-0.15, -0.1) is 0 Å². The lowest BCUT2D eigenvalue weighted by atomic mass is 10.2. The van der Waals surface area contributed by atoms with E-state index in [4.69, 9.17) is 23.2 Å². The van der Waals surface area contributed by atoms with E-state index in [1.165, 1.54) is 16.4 Å². The monoisotopic (exact) mass is 468 g/mol. The summed E-state index contributed by atoms with van der Waals surface area (Å²) in [6, 6.07) is 8.10. The van der Waals surface area contributed by atoms with Gasteiger partial charge in [0, 0.05) is 56.2 Å². The molecule has 30 heavy (non-hydrogen) atoms. The zero-order valence-corrected chi connectivity index (χ0v) is 18.6. The molecule has 10 heteroatoms. The number of carbonyl (C=O) groups excluding carboxylic acids is 1. The van der Waals surface area contributed by atoms with Crippen LogP contribution in [-0.2, 0) is 10.0 Å². The van der Waals surface area contributed by atoms with Crippen LogP contribution in [0.4, 0.5) is 5.69 Å². The maximum absolute atomic E-state index is 13.0. The highest BCUT2D eigenvalue weighted by Crippen LogP contribution is 2.28. The van der Waals surface area contributed by atoms with Crippen molar-refractivity contribution in [1.82, 2.24) is 14.2 Å². The van der Waals surface area contributed by atoms with E-state index >= 15 is 0 Å². The van der Waals surface area contributed by atoms with Gasteiger partial charge in [-0.2, -0.15) is 4.31 Å². The third kappa shape index (κ3) is 4.27. The lowest BCUT2D eigenvalue weighted by molar-refractivity contribution is 0.0692. The molecule has 2 aromatic rings. The fraction of sp³-hybridized carbons (Fsp3) is 0.400. The van der Waals surface area contributed by atoms with Gasteiger partial charge in [0.25, 0.3) is 5.91 Å². The molecule has 1 amide bonds. The van der Waals surface area contributed by atoms with Crippen LogP contribution < -0.4 is 4.90 Å². The van der Waals surface area contributed by atoms with Crippen LogP contribution >= 0.6 is 23.2 Å². The number of benzene rings is 1. The van der Waals surface area contributed by atoms with Gasteiger partial charge in [-0.1, -0.05) is 23.2 Å². The Labute approximate surface area is 186 Å². The van der Waals surface area contributed by atoms with Gasteiger partial charge < -0.3 is 9.80 Å². The minimum absolute atomic E-state index is 0.0172. The van der Waals surface area contributed by atoms with Crippen LogP contribution in [0.1, 0.15) is 23.3 Å². The zero-order chi connectivity index (χ0) is 21.3. The van der Waals surface area contributed by atoms with Crippen molar-refractivity contribution in [1.29, 1.82) is 0 Å². The summed E-state index contributed by atoms with van der Waals surface area (Å²) in [7, 11) is -3.79. The summed E-state index contributed by atoms with van der Waals surface area (Å²) < 4.78 is 27.3. The average molecular weight is 469 g/mol. The lowest BCUT2D eigenvalue weighted by Gasteiger charge is -2.34. The van der Waals surface area contributed by atoms with E-state index in [1.54, 1.807) is 17.2 Å². The third-order valence-electron chi connectivity index (χ3n) is 5.47. The number of hydrogen-bond acceptors (Lipinski definition) is 5. The second-order valence-electron chi connectivity index (χ2n) is 7.36. The Bertz CT molecular complexity index is 1050. The normalized spacial score (nSPS) is 18.1. The van der Waals surface area contributed by atoms with Crippen molar-refractivity contribution in [3.63, 3.8) is 0 Å². The van der Waals surface area contributed by atoms with Gasteiger partial charge in [0.2, 0.25) is 10.0 Å². The Morgan fingerprint density at radius 2 is 1.63 bits per heavy atom. The van der Waals surface area contributed by atoms with E-state index in [-0.39, 0.29) is 42.0 Å². The first-order valence-corrected chi connectivity index (χ1v) is 12.0. The minimum Gasteiger partial charge on any atom is -0.371 e. The Balaban J connectivity index is 1.45. The van der Waals surface area contributed by atoms with Gasteiger partial charge in [0.05, 0.1) is 5.02 Å². The predicted octanol–water partition coefficient (Wildman–Crippen LogP) is 3.14. The first-order valence-electron chi connectivity index (χ1n) is 9.82. The summed E-state index contributed by atoms with van der Waals surface area (Å²) >= 11 is 12.0. The van der Waals surface area contributed by atoms with E-state index < -0.39 is 10.0 Å². The molecule has 0 aliphatic carbocycles. The number of halogens is 2. The molecule has 0 bridgehead atoms. The molecule has 2 saturated heterocycles. The van der Waals surface area contributed by atoms with Crippen LogP contribution in [0.15, 0.2) is 41.4 Å². The van der Waals surface area contributed by atoms with Gasteiger partial charge in [0.1, 0.15) is 10.6 Å². The molecular weight excluding hydrogens is 447 g/mol. The molecule has 2 aliphatic rings. The molecule has 0 saturated carbocycles. The van der Waals surface area contributed by atoms with Crippen molar-refractivity contribution >= 4 is 44.8 Å². The maximum Gasteiger partial charge on any atom is 0.272 e. The van der Waals surface area contributed by atoms with Crippen LogP contribution in [0.3, 0.4) is 0 Å². The first-order chi connectivity index (χ1) is 14.4. The highest BCUT2D eigenvalue weighted by molar-refractivity contribution is 7.89. The van der Waals surface area contributed by atoms with Crippen molar-refractivity contribution in [3.05, 3.63) is 52.3 Å². The van der Waals surface area contributed by atoms with Gasteiger partial charge in [0.15, 0.2) is 0 Å². The molecule has 1 aromatic heterocycles. The van der Waals surface area contributed by atoms with Crippen LogP contribution in [0, 0.1) is 0 Å².